The lowest BCUT2D eigenvalue weighted by Gasteiger charge is -1.94. The highest BCUT2D eigenvalue weighted by Gasteiger charge is 2.15. The molecule has 0 bridgehead atoms. The van der Waals surface area contributed by atoms with Crippen LogP contribution in [0, 0.1) is 0 Å². The summed E-state index contributed by atoms with van der Waals surface area (Å²) in [5, 5.41) is 0.786. The molecule has 1 heterocycles. The molecule has 0 unspecified atom stereocenters. The molecule has 6 heteroatoms. The molecule has 1 rings (SSSR count). The van der Waals surface area contributed by atoms with E-state index in [4.69, 9.17) is 10.7 Å². The van der Waals surface area contributed by atoms with Gasteiger partial charge in [-0.05, 0) is 0 Å². The Labute approximate surface area is 79.8 Å². The van der Waals surface area contributed by atoms with Crippen LogP contribution in [0.2, 0.25) is 0 Å². The molecular weight excluding hydrogens is 218 g/mol. The second-order valence-electron chi connectivity index (χ2n) is 2.61. The average molecular weight is 226 g/mol. The smallest absolute Gasteiger partial charge is 0.248 e. The third kappa shape index (κ3) is 2.18. The van der Waals surface area contributed by atoms with Crippen LogP contribution in [0.4, 0.5) is 0 Å². The maximum Gasteiger partial charge on any atom is 0.272 e. The van der Waals surface area contributed by atoms with Gasteiger partial charge in [0.05, 0.1) is 11.2 Å². The van der Waals surface area contributed by atoms with Crippen molar-refractivity contribution in [1.82, 2.24) is 4.98 Å². The van der Waals surface area contributed by atoms with Gasteiger partial charge in [0.2, 0.25) is 0 Å². The standard InChI is InChI=1S/C6H8ClNO2S2/c1-4(2)6-8-3-5(11-6)12(7,9)10/h3-4H,1-2H3. The molecule has 0 saturated heterocycles. The van der Waals surface area contributed by atoms with Crippen molar-refractivity contribution in [3.05, 3.63) is 11.2 Å². The van der Waals surface area contributed by atoms with E-state index in [9.17, 15) is 8.42 Å². The van der Waals surface area contributed by atoms with Crippen LogP contribution in [0.5, 0.6) is 0 Å². The zero-order valence-corrected chi connectivity index (χ0v) is 9.00. The molecule has 0 saturated carbocycles. The first-order valence-corrected chi connectivity index (χ1v) is 6.44. The zero-order chi connectivity index (χ0) is 9.35. The van der Waals surface area contributed by atoms with Gasteiger partial charge in [-0.1, -0.05) is 13.8 Å². The molecule has 0 spiro atoms. The molecule has 0 aliphatic carbocycles. The second kappa shape index (κ2) is 3.32. The molecule has 0 radical (unpaired) electrons. The molecule has 3 nitrogen and oxygen atoms in total. The molecular formula is C6H8ClNO2S2. The van der Waals surface area contributed by atoms with E-state index in [-0.39, 0.29) is 10.1 Å². The van der Waals surface area contributed by atoms with Crippen molar-refractivity contribution >= 4 is 31.1 Å². The Morgan fingerprint density at radius 2 is 2.17 bits per heavy atom. The molecule has 0 fully saturated rings. The van der Waals surface area contributed by atoms with Gasteiger partial charge in [0.25, 0.3) is 9.05 Å². The van der Waals surface area contributed by atoms with Crippen molar-refractivity contribution < 1.29 is 8.42 Å². The monoisotopic (exact) mass is 225 g/mol. The van der Waals surface area contributed by atoms with Crippen molar-refractivity contribution in [2.24, 2.45) is 0 Å². The number of aromatic nitrogens is 1. The topological polar surface area (TPSA) is 47.0 Å². The van der Waals surface area contributed by atoms with Gasteiger partial charge >= 0.3 is 0 Å². The largest absolute Gasteiger partial charge is 0.272 e. The third-order valence-corrected chi connectivity index (χ3v) is 4.60. The van der Waals surface area contributed by atoms with Crippen LogP contribution < -0.4 is 0 Å². The van der Waals surface area contributed by atoms with Gasteiger partial charge in [-0.2, -0.15) is 0 Å². The predicted molar refractivity (Wildman–Crippen MR) is 49.2 cm³/mol. The highest BCUT2D eigenvalue weighted by molar-refractivity contribution is 8.15. The normalized spacial score (nSPS) is 12.3. The molecule has 0 atom stereocenters. The van der Waals surface area contributed by atoms with E-state index in [0.717, 1.165) is 16.3 Å². The molecule has 0 aliphatic rings. The van der Waals surface area contributed by atoms with Crippen LogP contribution in [0.25, 0.3) is 0 Å². The van der Waals surface area contributed by atoms with Crippen LogP contribution in [0.1, 0.15) is 24.8 Å². The summed E-state index contributed by atoms with van der Waals surface area (Å²) in [6.07, 6.45) is 1.29. The maximum atomic E-state index is 10.8. The summed E-state index contributed by atoms with van der Waals surface area (Å²) < 4.78 is 21.7. The fraction of sp³-hybridized carbons (Fsp3) is 0.500. The fourth-order valence-corrected chi connectivity index (χ4v) is 2.54. The van der Waals surface area contributed by atoms with Gasteiger partial charge in [0.15, 0.2) is 4.21 Å². The number of nitrogens with zero attached hydrogens (tertiary/aromatic N) is 1. The Balaban J connectivity index is 3.09. The summed E-state index contributed by atoms with van der Waals surface area (Å²) in [7, 11) is 1.53. The van der Waals surface area contributed by atoms with Gasteiger partial charge in [-0.3, -0.25) is 0 Å². The molecule has 68 valence electrons. The summed E-state index contributed by atoms with van der Waals surface area (Å²) in [6.45, 7) is 3.90. The van der Waals surface area contributed by atoms with Gasteiger partial charge in [-0.15, -0.1) is 11.3 Å². The van der Waals surface area contributed by atoms with Gasteiger partial charge in [0.1, 0.15) is 0 Å². The van der Waals surface area contributed by atoms with E-state index in [1.807, 2.05) is 13.8 Å². The Morgan fingerprint density at radius 1 is 1.58 bits per heavy atom. The highest BCUT2D eigenvalue weighted by atomic mass is 35.7. The number of thiazole rings is 1. The quantitative estimate of drug-likeness (QED) is 0.725. The number of halogens is 1. The number of rotatable bonds is 2. The summed E-state index contributed by atoms with van der Waals surface area (Å²) in [5.41, 5.74) is 0. The number of hydrogen-bond acceptors (Lipinski definition) is 4. The minimum absolute atomic E-state index is 0.118. The molecule has 0 N–H and O–H groups in total. The maximum absolute atomic E-state index is 10.8. The zero-order valence-electron chi connectivity index (χ0n) is 6.61. The van der Waals surface area contributed by atoms with Crippen LogP contribution in [0.3, 0.4) is 0 Å². The molecule has 0 aromatic carbocycles. The highest BCUT2D eigenvalue weighted by Crippen LogP contribution is 2.26. The van der Waals surface area contributed by atoms with Gasteiger partial charge in [-0.25, -0.2) is 13.4 Å². The summed E-state index contributed by atoms with van der Waals surface area (Å²) in [6, 6.07) is 0. The van der Waals surface area contributed by atoms with Crippen LogP contribution in [-0.4, -0.2) is 13.4 Å². The Bertz CT molecular complexity index is 369. The fourth-order valence-electron chi connectivity index (χ4n) is 0.652. The predicted octanol–water partition coefficient (Wildman–Crippen LogP) is 2.19. The van der Waals surface area contributed by atoms with E-state index in [2.05, 4.69) is 4.98 Å². The minimum atomic E-state index is -3.59. The lowest BCUT2D eigenvalue weighted by molar-refractivity contribution is 0.611. The Hall–Kier alpha value is -0.130. The Morgan fingerprint density at radius 3 is 2.42 bits per heavy atom. The first-order valence-electron chi connectivity index (χ1n) is 3.31. The van der Waals surface area contributed by atoms with Crippen molar-refractivity contribution in [1.29, 1.82) is 0 Å². The number of hydrogen-bond donors (Lipinski definition) is 0. The Kier molecular flexibility index (Phi) is 2.75. The molecule has 12 heavy (non-hydrogen) atoms. The summed E-state index contributed by atoms with van der Waals surface area (Å²) in [4.78, 5) is 3.94. The van der Waals surface area contributed by atoms with Crippen LogP contribution >= 0.6 is 22.0 Å². The molecule has 1 aromatic heterocycles. The van der Waals surface area contributed by atoms with E-state index >= 15 is 0 Å². The third-order valence-electron chi connectivity index (χ3n) is 1.24. The first-order chi connectivity index (χ1) is 5.41. The molecule has 0 aliphatic heterocycles. The average Bonchev–Trinajstić information content (AvgIpc) is 2.30. The van der Waals surface area contributed by atoms with Crippen molar-refractivity contribution in [3.63, 3.8) is 0 Å². The van der Waals surface area contributed by atoms with Gasteiger partial charge in [0, 0.05) is 16.6 Å². The van der Waals surface area contributed by atoms with E-state index in [1.54, 1.807) is 0 Å². The van der Waals surface area contributed by atoms with E-state index in [1.165, 1.54) is 6.20 Å². The molecule has 1 aromatic rings. The van der Waals surface area contributed by atoms with E-state index in [0.29, 0.717) is 0 Å². The van der Waals surface area contributed by atoms with E-state index < -0.39 is 9.05 Å². The van der Waals surface area contributed by atoms with Crippen molar-refractivity contribution in [2.45, 2.75) is 24.0 Å². The van der Waals surface area contributed by atoms with Gasteiger partial charge < -0.3 is 0 Å². The van der Waals surface area contributed by atoms with Crippen LogP contribution in [0.15, 0.2) is 10.4 Å². The first kappa shape index (κ1) is 9.95. The lowest BCUT2D eigenvalue weighted by atomic mass is 10.2. The second-order valence-corrected chi connectivity index (χ2v) is 6.47. The SMILES string of the molecule is CC(C)c1ncc(S(=O)(=O)Cl)s1. The summed E-state index contributed by atoms with van der Waals surface area (Å²) >= 11 is 1.12. The molecule has 0 amide bonds. The van der Waals surface area contributed by atoms with Crippen molar-refractivity contribution in [2.75, 3.05) is 0 Å². The van der Waals surface area contributed by atoms with Crippen molar-refractivity contribution in [3.8, 4) is 0 Å². The minimum Gasteiger partial charge on any atom is -0.248 e. The van der Waals surface area contributed by atoms with Crippen LogP contribution in [-0.2, 0) is 9.05 Å². The lowest BCUT2D eigenvalue weighted by Crippen LogP contribution is -1.83. The summed E-state index contributed by atoms with van der Waals surface area (Å²) in [5.74, 6) is 0.238.